The van der Waals surface area contributed by atoms with Crippen LogP contribution in [-0.2, 0) is 0 Å². The van der Waals surface area contributed by atoms with Gasteiger partial charge in [0.1, 0.15) is 0 Å². The van der Waals surface area contributed by atoms with E-state index in [2.05, 4.69) is 15.2 Å². The van der Waals surface area contributed by atoms with Gasteiger partial charge in [-0.15, -0.1) is 0 Å². The molecule has 0 spiro atoms. The van der Waals surface area contributed by atoms with Gasteiger partial charge in [-0.05, 0) is 0 Å². The van der Waals surface area contributed by atoms with Gasteiger partial charge in [0.15, 0.2) is 0 Å². The fourth-order valence-corrected chi connectivity index (χ4v) is 3.76. The van der Waals surface area contributed by atoms with E-state index >= 15 is 0 Å². The van der Waals surface area contributed by atoms with Gasteiger partial charge in [-0.1, -0.05) is 0 Å². The van der Waals surface area contributed by atoms with Gasteiger partial charge >= 0.3 is 139 Å². The summed E-state index contributed by atoms with van der Waals surface area (Å²) in [6, 6.07) is 6.73. The molecular weight excluding hydrogens is 342 g/mol. The van der Waals surface area contributed by atoms with Crippen molar-refractivity contribution in [3.05, 3.63) is 40.8 Å². The second-order valence-electron chi connectivity index (χ2n) is 6.03. The molecule has 0 radical (unpaired) electrons. The first-order chi connectivity index (χ1) is 10.7. The maximum atomic E-state index is 13.6. The Balaban J connectivity index is 1.77. The number of likely N-dealkylation sites (tertiary alicyclic amines) is 1. The van der Waals surface area contributed by atoms with Gasteiger partial charge in [-0.3, -0.25) is 0 Å². The Bertz CT molecular complexity index is 581. The van der Waals surface area contributed by atoms with E-state index in [1.165, 1.54) is 48.6 Å². The molecule has 2 aliphatic rings. The van der Waals surface area contributed by atoms with Crippen LogP contribution in [0.3, 0.4) is 0 Å². The van der Waals surface area contributed by atoms with E-state index in [0.717, 1.165) is 36.4 Å². The molecule has 0 saturated carbocycles. The Kier molecular flexibility index (Phi) is 5.06. The number of hydrogen-bond acceptors (Lipinski definition) is 3. The number of hydrogen-bond donors (Lipinski definition) is 0. The van der Waals surface area contributed by atoms with E-state index in [4.69, 9.17) is 0 Å². The van der Waals surface area contributed by atoms with Crippen LogP contribution in [0.1, 0.15) is 25.7 Å². The Hall–Kier alpha value is -1.03. The van der Waals surface area contributed by atoms with Crippen LogP contribution in [0.15, 0.2) is 45.3 Å². The van der Waals surface area contributed by atoms with E-state index in [-0.39, 0.29) is 5.82 Å². The predicted octanol–water partition coefficient (Wildman–Crippen LogP) is 2.82. The number of benzene rings is 1. The summed E-state index contributed by atoms with van der Waals surface area (Å²) in [4.78, 5) is 2.51. The van der Waals surface area contributed by atoms with Gasteiger partial charge in [0.05, 0.1) is 0 Å². The molecule has 2 heterocycles. The number of halogens is 1. The van der Waals surface area contributed by atoms with Gasteiger partial charge in [0, 0.05) is 0 Å². The van der Waals surface area contributed by atoms with E-state index < -0.39 is 0 Å². The molecule has 6 heteroatoms. The topological polar surface area (TPSA) is 28.0 Å². The third-order valence-corrected chi connectivity index (χ3v) is 4.93. The fraction of sp³-hybridized carbons (Fsp3) is 0.500. The third-order valence-electron chi connectivity index (χ3n) is 4.38. The molecule has 0 amide bonds. The van der Waals surface area contributed by atoms with Crippen molar-refractivity contribution in [1.29, 1.82) is 0 Å². The van der Waals surface area contributed by atoms with E-state index in [0.29, 0.717) is 4.59 Å². The third kappa shape index (κ3) is 3.65. The van der Waals surface area contributed by atoms with Crippen LogP contribution in [0.25, 0.3) is 0 Å². The molecule has 1 aromatic rings. The molecule has 3 rings (SSSR count). The molecule has 0 aromatic heterocycles. The summed E-state index contributed by atoms with van der Waals surface area (Å²) in [6.45, 7) is 4.09. The van der Waals surface area contributed by atoms with Crippen LogP contribution in [0, 0.1) is 5.82 Å². The summed E-state index contributed by atoms with van der Waals surface area (Å²) in [6.07, 6.45) is 7.27. The standard InChI is InChI=1S/C16H23AsFN4/c17-16-13-22(20-19-16,15-7-5-6-14(18)12-15)11-10-21-8-3-1-2-4-9-21/h5-7,12-13H,1-4,8-11,17H2/q+1. The van der Waals surface area contributed by atoms with Crippen molar-refractivity contribution >= 4 is 22.5 Å². The van der Waals surface area contributed by atoms with Crippen molar-refractivity contribution in [2.75, 3.05) is 26.2 Å². The molecule has 4 nitrogen and oxygen atoms in total. The van der Waals surface area contributed by atoms with Crippen LogP contribution >= 0.6 is 0 Å². The van der Waals surface area contributed by atoms with Crippen molar-refractivity contribution in [2.24, 2.45) is 10.3 Å². The summed E-state index contributed by atoms with van der Waals surface area (Å²) >= 11 is 1.46. The van der Waals surface area contributed by atoms with E-state index in [1.807, 2.05) is 12.3 Å². The van der Waals surface area contributed by atoms with E-state index in [9.17, 15) is 4.39 Å². The zero-order valence-corrected chi connectivity index (χ0v) is 15.2. The summed E-state index contributed by atoms with van der Waals surface area (Å²) in [5.74, 6) is -0.219. The average Bonchev–Trinajstić information content (AvgIpc) is 2.73. The van der Waals surface area contributed by atoms with Gasteiger partial charge in [-0.25, -0.2) is 0 Å². The molecule has 1 aromatic carbocycles. The maximum absolute atomic E-state index is 13.6. The Labute approximate surface area is 139 Å². The predicted molar refractivity (Wildman–Crippen MR) is 89.5 cm³/mol. The van der Waals surface area contributed by atoms with Crippen molar-refractivity contribution in [1.82, 2.24) is 9.49 Å². The Morgan fingerprint density at radius 1 is 1.18 bits per heavy atom. The number of rotatable bonds is 4. The summed E-state index contributed by atoms with van der Waals surface area (Å²) in [5.41, 5.74) is 0.853. The van der Waals surface area contributed by atoms with Crippen molar-refractivity contribution in [3.63, 3.8) is 0 Å². The second-order valence-corrected chi connectivity index (χ2v) is 7.27. The zero-order valence-electron chi connectivity index (χ0n) is 12.8. The van der Waals surface area contributed by atoms with Crippen molar-refractivity contribution in [3.8, 4) is 0 Å². The van der Waals surface area contributed by atoms with Crippen LogP contribution in [0.5, 0.6) is 0 Å². The number of quaternary nitrogens is 1. The van der Waals surface area contributed by atoms with Crippen molar-refractivity contribution < 1.29 is 4.39 Å². The van der Waals surface area contributed by atoms with Gasteiger partial charge < -0.3 is 0 Å². The van der Waals surface area contributed by atoms with Crippen molar-refractivity contribution in [2.45, 2.75) is 25.7 Å². The minimum atomic E-state index is -0.219. The van der Waals surface area contributed by atoms with Crippen LogP contribution in [0.4, 0.5) is 10.1 Å². The van der Waals surface area contributed by atoms with Crippen LogP contribution in [0.2, 0.25) is 0 Å². The first kappa shape index (κ1) is 15.8. The molecule has 22 heavy (non-hydrogen) atoms. The molecule has 2 atom stereocenters. The SMILES string of the molecule is Fc1cccc([N+]2(CCN3CCCCCC3)C=C([AsH2])N=N2)c1. The zero-order chi connectivity index (χ0) is 15.4. The fourth-order valence-electron chi connectivity index (χ4n) is 3.14. The molecule has 1 saturated heterocycles. The summed E-state index contributed by atoms with van der Waals surface area (Å²) in [5, 5.41) is 8.68. The molecule has 0 aliphatic carbocycles. The van der Waals surface area contributed by atoms with E-state index in [1.54, 1.807) is 12.1 Å². The van der Waals surface area contributed by atoms with Gasteiger partial charge in [-0.2, -0.15) is 0 Å². The first-order valence-corrected chi connectivity index (χ1v) is 9.17. The van der Waals surface area contributed by atoms with Crippen LogP contribution in [-0.4, -0.2) is 47.9 Å². The Morgan fingerprint density at radius 2 is 1.95 bits per heavy atom. The molecule has 2 unspecified atom stereocenters. The monoisotopic (exact) mass is 365 g/mol. The quantitative estimate of drug-likeness (QED) is 0.596. The summed E-state index contributed by atoms with van der Waals surface area (Å²) < 4.78 is 14.9. The number of nitrogens with zero attached hydrogens (tertiary/aromatic N) is 4. The molecule has 118 valence electrons. The molecule has 1 fully saturated rings. The second kappa shape index (κ2) is 7.03. The molecule has 0 N–H and O–H groups in total. The molecule has 2 aliphatic heterocycles. The van der Waals surface area contributed by atoms with Gasteiger partial charge in [0.25, 0.3) is 0 Å². The first-order valence-electron chi connectivity index (χ1n) is 7.96. The average molecular weight is 365 g/mol. The molecular formula is C16H23AsFN4+. The van der Waals surface area contributed by atoms with Gasteiger partial charge in [0.2, 0.25) is 0 Å². The summed E-state index contributed by atoms with van der Waals surface area (Å²) in [7, 11) is 0. The van der Waals surface area contributed by atoms with Crippen LogP contribution < -0.4 is 4.59 Å². The normalized spacial score (nSPS) is 26.0. The Morgan fingerprint density at radius 3 is 2.59 bits per heavy atom. The molecule has 0 bridgehead atoms. The minimum absolute atomic E-state index is 0.219.